The zero-order valence-corrected chi connectivity index (χ0v) is 8.65. The van der Waals surface area contributed by atoms with Crippen LogP contribution in [0.5, 0.6) is 0 Å². The molecule has 0 unspecified atom stereocenters. The Kier molecular flexibility index (Phi) is 2.73. The molecule has 0 aliphatic heterocycles. The van der Waals surface area contributed by atoms with Crippen molar-refractivity contribution in [2.24, 2.45) is 0 Å². The molecule has 3 heteroatoms. The van der Waals surface area contributed by atoms with Crippen molar-refractivity contribution in [1.82, 2.24) is 0 Å². The maximum absolute atomic E-state index is 13.0. The minimum Gasteiger partial charge on any atom is -0.398 e. The second kappa shape index (κ2) is 3.44. The molecule has 12 heavy (non-hydrogen) atoms. The second-order valence-electron chi connectivity index (χ2n) is 3.05. The Morgan fingerprint density at radius 3 is 2.50 bits per heavy atom. The number of rotatable bonds is 1. The number of nitrogen functional groups attached to an aromatic ring is 1. The van der Waals surface area contributed by atoms with Gasteiger partial charge in [0.1, 0.15) is 5.82 Å². The highest BCUT2D eigenvalue weighted by Gasteiger charge is 2.08. The fourth-order valence-corrected chi connectivity index (χ4v) is 1.44. The molecule has 1 aromatic carbocycles. The van der Waals surface area contributed by atoms with E-state index in [-0.39, 0.29) is 11.7 Å². The van der Waals surface area contributed by atoms with E-state index in [1.54, 1.807) is 6.07 Å². The molecular formula is C9H11BrFN. The van der Waals surface area contributed by atoms with Crippen molar-refractivity contribution < 1.29 is 4.39 Å². The normalized spacial score (nSPS) is 10.8. The van der Waals surface area contributed by atoms with Crippen LogP contribution in [0, 0.1) is 5.82 Å². The molecule has 0 saturated carbocycles. The molecule has 0 aromatic heterocycles. The molecule has 1 aromatic rings. The van der Waals surface area contributed by atoms with Gasteiger partial charge in [0.25, 0.3) is 0 Å². The van der Waals surface area contributed by atoms with E-state index in [2.05, 4.69) is 15.9 Å². The predicted octanol–water partition coefficient (Wildman–Crippen LogP) is 3.29. The van der Waals surface area contributed by atoms with Crippen LogP contribution in [-0.4, -0.2) is 0 Å². The van der Waals surface area contributed by atoms with E-state index in [1.165, 1.54) is 6.07 Å². The van der Waals surface area contributed by atoms with Crippen LogP contribution in [0.3, 0.4) is 0 Å². The molecule has 0 bridgehead atoms. The van der Waals surface area contributed by atoms with Crippen molar-refractivity contribution in [3.8, 4) is 0 Å². The molecule has 66 valence electrons. The largest absolute Gasteiger partial charge is 0.398 e. The van der Waals surface area contributed by atoms with Crippen LogP contribution >= 0.6 is 15.9 Å². The van der Waals surface area contributed by atoms with Crippen molar-refractivity contribution in [2.75, 3.05) is 5.73 Å². The summed E-state index contributed by atoms with van der Waals surface area (Å²) in [6, 6.07) is 3.08. The summed E-state index contributed by atoms with van der Waals surface area (Å²) in [6.45, 7) is 3.97. The van der Waals surface area contributed by atoms with Crippen LogP contribution in [0.1, 0.15) is 25.3 Å². The first kappa shape index (κ1) is 9.52. The molecule has 0 aliphatic carbocycles. The van der Waals surface area contributed by atoms with Crippen LogP contribution in [0.2, 0.25) is 0 Å². The number of anilines is 1. The molecule has 1 rings (SSSR count). The van der Waals surface area contributed by atoms with Crippen LogP contribution in [0.15, 0.2) is 16.6 Å². The van der Waals surface area contributed by atoms with Gasteiger partial charge in [-0.1, -0.05) is 13.8 Å². The molecule has 0 radical (unpaired) electrons. The van der Waals surface area contributed by atoms with Gasteiger partial charge in [0.2, 0.25) is 0 Å². The average molecular weight is 232 g/mol. The summed E-state index contributed by atoms with van der Waals surface area (Å²) in [5.74, 6) is 0.000463. The highest BCUT2D eigenvalue weighted by molar-refractivity contribution is 9.10. The van der Waals surface area contributed by atoms with Crippen molar-refractivity contribution >= 4 is 21.6 Å². The van der Waals surface area contributed by atoms with Crippen LogP contribution < -0.4 is 5.73 Å². The lowest BCUT2D eigenvalue weighted by molar-refractivity contribution is 0.617. The Balaban J connectivity index is 3.23. The highest BCUT2D eigenvalue weighted by Crippen LogP contribution is 2.27. The van der Waals surface area contributed by atoms with Gasteiger partial charge in [0.15, 0.2) is 0 Å². The average Bonchev–Trinajstić information content (AvgIpc) is 1.96. The van der Waals surface area contributed by atoms with Gasteiger partial charge in [-0.3, -0.25) is 0 Å². The third kappa shape index (κ3) is 1.78. The highest BCUT2D eigenvalue weighted by atomic mass is 79.9. The minimum atomic E-state index is -0.257. The van der Waals surface area contributed by atoms with E-state index < -0.39 is 0 Å². The lowest BCUT2D eigenvalue weighted by atomic mass is 10.0. The van der Waals surface area contributed by atoms with Gasteiger partial charge in [-0.2, -0.15) is 0 Å². The van der Waals surface area contributed by atoms with Crippen molar-refractivity contribution in [2.45, 2.75) is 19.8 Å². The SMILES string of the molecule is CC(C)c1cc(F)c(Br)cc1N. The first-order valence-electron chi connectivity index (χ1n) is 3.76. The van der Waals surface area contributed by atoms with E-state index in [0.717, 1.165) is 5.56 Å². The van der Waals surface area contributed by atoms with Gasteiger partial charge in [-0.05, 0) is 39.5 Å². The third-order valence-electron chi connectivity index (χ3n) is 1.75. The summed E-state index contributed by atoms with van der Waals surface area (Å²) in [7, 11) is 0. The minimum absolute atomic E-state index is 0.257. The van der Waals surface area contributed by atoms with E-state index in [4.69, 9.17) is 5.73 Å². The molecule has 1 nitrogen and oxygen atoms in total. The van der Waals surface area contributed by atoms with Crippen molar-refractivity contribution in [3.63, 3.8) is 0 Å². The predicted molar refractivity (Wildman–Crippen MR) is 52.6 cm³/mol. The van der Waals surface area contributed by atoms with Gasteiger partial charge in [0.05, 0.1) is 4.47 Å². The lowest BCUT2D eigenvalue weighted by Gasteiger charge is -2.09. The summed E-state index contributed by atoms with van der Waals surface area (Å²) in [5, 5.41) is 0. The molecule has 2 N–H and O–H groups in total. The second-order valence-corrected chi connectivity index (χ2v) is 3.90. The summed E-state index contributed by atoms with van der Waals surface area (Å²) >= 11 is 3.07. The van der Waals surface area contributed by atoms with Gasteiger partial charge in [-0.15, -0.1) is 0 Å². The standard InChI is InChI=1S/C9H11BrFN/c1-5(2)6-3-8(11)7(10)4-9(6)12/h3-5H,12H2,1-2H3. The van der Waals surface area contributed by atoms with E-state index in [1.807, 2.05) is 13.8 Å². The summed E-state index contributed by atoms with van der Waals surface area (Å²) in [4.78, 5) is 0. The number of hydrogen-bond acceptors (Lipinski definition) is 1. The first-order chi connectivity index (χ1) is 5.52. The number of nitrogens with two attached hydrogens (primary N) is 1. The maximum Gasteiger partial charge on any atom is 0.137 e. The van der Waals surface area contributed by atoms with E-state index in [0.29, 0.717) is 10.2 Å². The molecule has 0 saturated heterocycles. The summed E-state index contributed by atoms with van der Waals surface area (Å²) < 4.78 is 13.4. The first-order valence-corrected chi connectivity index (χ1v) is 4.56. The molecule has 0 amide bonds. The Hall–Kier alpha value is -0.570. The zero-order chi connectivity index (χ0) is 9.30. The lowest BCUT2D eigenvalue weighted by Crippen LogP contribution is -1.97. The van der Waals surface area contributed by atoms with E-state index in [9.17, 15) is 4.39 Å². The third-order valence-corrected chi connectivity index (χ3v) is 2.36. The van der Waals surface area contributed by atoms with Crippen LogP contribution in [-0.2, 0) is 0 Å². The smallest absolute Gasteiger partial charge is 0.137 e. The fraction of sp³-hybridized carbons (Fsp3) is 0.333. The Morgan fingerprint density at radius 2 is 2.00 bits per heavy atom. The number of halogens is 2. The van der Waals surface area contributed by atoms with Gasteiger partial charge in [0, 0.05) is 5.69 Å². The summed E-state index contributed by atoms with van der Waals surface area (Å²) in [5.41, 5.74) is 7.19. The topological polar surface area (TPSA) is 26.0 Å². The molecule has 0 spiro atoms. The molecular weight excluding hydrogens is 221 g/mol. The Bertz CT molecular complexity index is 297. The van der Waals surface area contributed by atoms with E-state index >= 15 is 0 Å². The molecule has 0 heterocycles. The van der Waals surface area contributed by atoms with Crippen LogP contribution in [0.4, 0.5) is 10.1 Å². The Morgan fingerprint density at radius 1 is 1.42 bits per heavy atom. The van der Waals surface area contributed by atoms with Gasteiger partial charge in [-0.25, -0.2) is 4.39 Å². The van der Waals surface area contributed by atoms with Gasteiger partial charge < -0.3 is 5.73 Å². The number of benzene rings is 1. The monoisotopic (exact) mass is 231 g/mol. The summed E-state index contributed by atoms with van der Waals surface area (Å²) in [6.07, 6.45) is 0. The van der Waals surface area contributed by atoms with Crippen LogP contribution in [0.25, 0.3) is 0 Å². The van der Waals surface area contributed by atoms with Gasteiger partial charge >= 0.3 is 0 Å². The molecule has 0 fully saturated rings. The quantitative estimate of drug-likeness (QED) is 0.738. The fourth-order valence-electron chi connectivity index (χ4n) is 1.08. The molecule has 0 atom stereocenters. The Labute approximate surface area is 79.9 Å². The zero-order valence-electron chi connectivity index (χ0n) is 7.07. The molecule has 0 aliphatic rings. The van der Waals surface area contributed by atoms with Crippen molar-refractivity contribution in [1.29, 1.82) is 0 Å². The van der Waals surface area contributed by atoms with Crippen molar-refractivity contribution in [3.05, 3.63) is 28.0 Å². The number of hydrogen-bond donors (Lipinski definition) is 1. The maximum atomic E-state index is 13.0.